The minimum Gasteiger partial charge on any atom is -0.324 e. The maximum atomic E-state index is 6.36. The maximum Gasteiger partial charge on any atom is 0.0307 e. The van der Waals surface area contributed by atoms with Crippen LogP contribution in [0.2, 0.25) is 0 Å². The van der Waals surface area contributed by atoms with E-state index in [0.717, 1.165) is 23.5 Å². The third kappa shape index (κ3) is 3.67. The maximum absolute atomic E-state index is 6.36. The van der Waals surface area contributed by atoms with Crippen molar-refractivity contribution < 1.29 is 0 Å². The van der Waals surface area contributed by atoms with Crippen LogP contribution in [0.15, 0.2) is 28.7 Å². The molecule has 21 heavy (non-hydrogen) atoms. The summed E-state index contributed by atoms with van der Waals surface area (Å²) in [4.78, 5) is 5.32. The SMILES string of the molecule is CC1CN2CCCC2CN1CCC(N)c1ccc(Br)cc1. The number of fused-ring (bicyclic) bond motifs is 1. The lowest BCUT2D eigenvalue weighted by Gasteiger charge is -2.42. The summed E-state index contributed by atoms with van der Waals surface area (Å²) in [6.45, 7) is 7.25. The van der Waals surface area contributed by atoms with Crippen LogP contribution in [0.5, 0.6) is 0 Å². The van der Waals surface area contributed by atoms with E-state index in [0.29, 0.717) is 6.04 Å². The average Bonchev–Trinajstić information content (AvgIpc) is 2.92. The second-order valence-corrected chi connectivity index (χ2v) is 7.50. The highest BCUT2D eigenvalue weighted by molar-refractivity contribution is 9.10. The van der Waals surface area contributed by atoms with Gasteiger partial charge in [-0.1, -0.05) is 28.1 Å². The number of nitrogens with zero attached hydrogens (tertiary/aromatic N) is 2. The van der Waals surface area contributed by atoms with Crippen molar-refractivity contribution in [1.82, 2.24) is 9.80 Å². The third-order valence-electron chi connectivity index (χ3n) is 5.09. The van der Waals surface area contributed by atoms with E-state index in [1.54, 1.807) is 0 Å². The van der Waals surface area contributed by atoms with Crippen molar-refractivity contribution >= 4 is 15.9 Å². The number of nitrogens with two attached hydrogens (primary N) is 1. The van der Waals surface area contributed by atoms with Gasteiger partial charge in [0.05, 0.1) is 0 Å². The van der Waals surface area contributed by atoms with Crippen molar-refractivity contribution in [3.63, 3.8) is 0 Å². The molecule has 2 aliphatic rings. The summed E-state index contributed by atoms with van der Waals surface area (Å²) in [5, 5.41) is 0. The first-order valence-corrected chi connectivity index (χ1v) is 8.92. The minimum absolute atomic E-state index is 0.145. The Morgan fingerprint density at radius 1 is 1.29 bits per heavy atom. The Morgan fingerprint density at radius 3 is 2.81 bits per heavy atom. The molecule has 3 nitrogen and oxygen atoms in total. The summed E-state index contributed by atoms with van der Waals surface area (Å²) in [5.41, 5.74) is 7.60. The monoisotopic (exact) mass is 351 g/mol. The summed E-state index contributed by atoms with van der Waals surface area (Å²) in [7, 11) is 0. The molecule has 3 atom stereocenters. The summed E-state index contributed by atoms with van der Waals surface area (Å²) >= 11 is 3.48. The number of piperazine rings is 1. The van der Waals surface area contributed by atoms with E-state index in [-0.39, 0.29) is 6.04 Å². The van der Waals surface area contributed by atoms with Gasteiger partial charge in [0.15, 0.2) is 0 Å². The molecule has 1 aromatic rings. The van der Waals surface area contributed by atoms with Crippen LogP contribution in [-0.4, -0.2) is 48.1 Å². The standard InChI is InChI=1S/C17H26BrN3/c1-13-11-21-9-2-3-16(21)12-20(13)10-8-17(19)14-4-6-15(18)7-5-14/h4-7,13,16-17H,2-3,8-12,19H2,1H3. The third-order valence-corrected chi connectivity index (χ3v) is 5.62. The highest BCUT2D eigenvalue weighted by Gasteiger charge is 2.34. The van der Waals surface area contributed by atoms with Crippen molar-refractivity contribution in [2.24, 2.45) is 5.73 Å². The van der Waals surface area contributed by atoms with Crippen LogP contribution >= 0.6 is 15.9 Å². The number of halogens is 1. The van der Waals surface area contributed by atoms with Crippen molar-refractivity contribution in [3.8, 4) is 0 Å². The largest absolute Gasteiger partial charge is 0.324 e. The van der Waals surface area contributed by atoms with Gasteiger partial charge in [0.2, 0.25) is 0 Å². The van der Waals surface area contributed by atoms with E-state index < -0.39 is 0 Å². The van der Waals surface area contributed by atoms with E-state index in [9.17, 15) is 0 Å². The molecule has 0 aromatic heterocycles. The van der Waals surface area contributed by atoms with Crippen LogP contribution in [0.3, 0.4) is 0 Å². The molecule has 116 valence electrons. The topological polar surface area (TPSA) is 32.5 Å². The number of hydrogen-bond donors (Lipinski definition) is 1. The van der Waals surface area contributed by atoms with Crippen LogP contribution in [0.4, 0.5) is 0 Å². The minimum atomic E-state index is 0.145. The van der Waals surface area contributed by atoms with Gasteiger partial charge in [-0.15, -0.1) is 0 Å². The Balaban J connectivity index is 1.53. The van der Waals surface area contributed by atoms with Gasteiger partial charge < -0.3 is 5.73 Å². The molecule has 2 heterocycles. The first kappa shape index (κ1) is 15.5. The predicted molar refractivity (Wildman–Crippen MR) is 91.3 cm³/mol. The molecule has 0 spiro atoms. The molecular formula is C17H26BrN3. The van der Waals surface area contributed by atoms with Gasteiger partial charge in [0, 0.05) is 42.2 Å². The second kappa shape index (κ2) is 6.78. The number of rotatable bonds is 4. The van der Waals surface area contributed by atoms with Gasteiger partial charge in [-0.25, -0.2) is 0 Å². The Kier molecular flexibility index (Phi) is 4.99. The zero-order valence-corrected chi connectivity index (χ0v) is 14.4. The number of benzene rings is 1. The van der Waals surface area contributed by atoms with Gasteiger partial charge >= 0.3 is 0 Å². The lowest BCUT2D eigenvalue weighted by molar-refractivity contribution is 0.0575. The number of hydrogen-bond acceptors (Lipinski definition) is 3. The van der Waals surface area contributed by atoms with Crippen molar-refractivity contribution in [2.75, 3.05) is 26.2 Å². The summed E-state index contributed by atoms with van der Waals surface area (Å²) in [6, 6.07) is 10.0. The predicted octanol–water partition coefficient (Wildman–Crippen LogP) is 3.01. The van der Waals surface area contributed by atoms with Crippen molar-refractivity contribution in [1.29, 1.82) is 0 Å². The Bertz CT molecular complexity index is 462. The lowest BCUT2D eigenvalue weighted by atomic mass is 10.0. The molecule has 0 bridgehead atoms. The molecule has 0 amide bonds. The normalized spacial score (nSPS) is 28.5. The Morgan fingerprint density at radius 2 is 2.05 bits per heavy atom. The van der Waals surface area contributed by atoms with E-state index in [2.05, 4.69) is 56.9 Å². The smallest absolute Gasteiger partial charge is 0.0307 e. The first-order valence-electron chi connectivity index (χ1n) is 8.12. The molecule has 3 rings (SSSR count). The van der Waals surface area contributed by atoms with Crippen LogP contribution in [-0.2, 0) is 0 Å². The molecular weight excluding hydrogens is 326 g/mol. The van der Waals surface area contributed by atoms with E-state index in [1.807, 2.05) is 0 Å². The zero-order chi connectivity index (χ0) is 14.8. The van der Waals surface area contributed by atoms with Gasteiger partial charge in [0.1, 0.15) is 0 Å². The molecule has 4 heteroatoms. The molecule has 0 saturated carbocycles. The van der Waals surface area contributed by atoms with Crippen LogP contribution in [0, 0.1) is 0 Å². The molecule has 3 unspecified atom stereocenters. The van der Waals surface area contributed by atoms with Gasteiger partial charge in [-0.2, -0.15) is 0 Å². The fourth-order valence-corrected chi connectivity index (χ4v) is 4.01. The lowest BCUT2D eigenvalue weighted by Crippen LogP contribution is -2.55. The molecule has 2 aliphatic heterocycles. The van der Waals surface area contributed by atoms with Crippen LogP contribution in [0.1, 0.15) is 37.8 Å². The van der Waals surface area contributed by atoms with Gasteiger partial charge in [-0.3, -0.25) is 9.80 Å². The average molecular weight is 352 g/mol. The molecule has 0 aliphatic carbocycles. The fraction of sp³-hybridized carbons (Fsp3) is 0.647. The first-order chi connectivity index (χ1) is 10.1. The fourth-order valence-electron chi connectivity index (χ4n) is 3.74. The molecule has 1 aromatic carbocycles. The zero-order valence-electron chi connectivity index (χ0n) is 12.8. The van der Waals surface area contributed by atoms with Crippen molar-refractivity contribution in [2.45, 2.75) is 44.3 Å². The summed E-state index contributed by atoms with van der Waals surface area (Å²) in [5.74, 6) is 0. The molecule has 2 saturated heterocycles. The Labute approximate surface area is 136 Å². The van der Waals surface area contributed by atoms with Crippen LogP contribution in [0.25, 0.3) is 0 Å². The van der Waals surface area contributed by atoms with E-state index in [1.165, 1.54) is 38.0 Å². The van der Waals surface area contributed by atoms with Gasteiger partial charge in [-0.05, 0) is 50.4 Å². The molecule has 2 fully saturated rings. The summed E-state index contributed by atoms with van der Waals surface area (Å²) in [6.07, 6.45) is 3.80. The second-order valence-electron chi connectivity index (χ2n) is 6.58. The van der Waals surface area contributed by atoms with E-state index >= 15 is 0 Å². The van der Waals surface area contributed by atoms with Crippen LogP contribution < -0.4 is 5.73 Å². The quantitative estimate of drug-likeness (QED) is 0.904. The van der Waals surface area contributed by atoms with Gasteiger partial charge in [0.25, 0.3) is 0 Å². The molecule has 0 radical (unpaired) electrons. The van der Waals surface area contributed by atoms with E-state index in [4.69, 9.17) is 5.73 Å². The molecule has 2 N–H and O–H groups in total. The van der Waals surface area contributed by atoms with Crippen molar-refractivity contribution in [3.05, 3.63) is 34.3 Å². The highest BCUT2D eigenvalue weighted by Crippen LogP contribution is 2.25. The highest BCUT2D eigenvalue weighted by atomic mass is 79.9. The Hall–Kier alpha value is -0.420. The summed E-state index contributed by atoms with van der Waals surface area (Å²) < 4.78 is 1.12.